The second-order valence-corrected chi connectivity index (χ2v) is 5.37. The molecule has 86 valence electrons. The minimum absolute atomic E-state index is 0.181. The molecule has 0 aliphatic rings. The molecule has 0 aromatic carbocycles. The fourth-order valence-electron chi connectivity index (χ4n) is 1.86. The van der Waals surface area contributed by atoms with Crippen LogP contribution in [0.1, 0.15) is 32.3 Å². The summed E-state index contributed by atoms with van der Waals surface area (Å²) in [6.45, 7) is 3.35. The van der Waals surface area contributed by atoms with Gasteiger partial charge in [0.1, 0.15) is 5.16 Å². The van der Waals surface area contributed by atoms with Gasteiger partial charge in [0, 0.05) is 0 Å². The lowest BCUT2D eigenvalue weighted by Gasteiger charge is -2.31. The van der Waals surface area contributed by atoms with E-state index in [-0.39, 0.29) is 18.4 Å². The average molecular weight is 234 g/mol. The standard InChI is InChI=1S/C9H15O5P/c1-3-9(4-2,15(11,12)13)7-5-6-14-8(7)10/h5-6,10H,3-4H2,1-2H3,(H2,11,12,13). The Labute approximate surface area is 87.9 Å². The van der Waals surface area contributed by atoms with Crippen molar-refractivity contribution in [2.24, 2.45) is 0 Å². The molecule has 1 aromatic rings. The molecule has 1 rings (SSSR count). The van der Waals surface area contributed by atoms with Crippen molar-refractivity contribution in [2.45, 2.75) is 31.8 Å². The minimum atomic E-state index is -4.34. The van der Waals surface area contributed by atoms with E-state index in [0.29, 0.717) is 0 Å². The van der Waals surface area contributed by atoms with Gasteiger partial charge in [0.2, 0.25) is 0 Å². The molecule has 0 saturated carbocycles. The lowest BCUT2D eigenvalue weighted by Crippen LogP contribution is -2.23. The highest BCUT2D eigenvalue weighted by Crippen LogP contribution is 2.62. The number of aromatic hydroxyl groups is 1. The zero-order valence-corrected chi connectivity index (χ0v) is 9.57. The fourth-order valence-corrected chi connectivity index (χ4v) is 3.16. The first-order valence-corrected chi connectivity index (χ1v) is 6.33. The molecule has 15 heavy (non-hydrogen) atoms. The second-order valence-electron chi connectivity index (χ2n) is 3.42. The molecule has 6 heteroatoms. The van der Waals surface area contributed by atoms with E-state index in [1.165, 1.54) is 12.3 Å². The van der Waals surface area contributed by atoms with Crippen LogP contribution in [0.15, 0.2) is 16.7 Å². The molecular weight excluding hydrogens is 219 g/mol. The summed E-state index contributed by atoms with van der Waals surface area (Å²) >= 11 is 0. The molecule has 1 aromatic heterocycles. The zero-order chi connectivity index (χ0) is 11.7. The van der Waals surface area contributed by atoms with Gasteiger partial charge in [-0.15, -0.1) is 0 Å². The third-order valence-corrected chi connectivity index (χ3v) is 4.86. The van der Waals surface area contributed by atoms with Crippen molar-refractivity contribution in [3.05, 3.63) is 17.9 Å². The second kappa shape index (κ2) is 4.00. The molecule has 0 saturated heterocycles. The predicted octanol–water partition coefficient (Wildman–Crippen LogP) is 2.18. The maximum atomic E-state index is 11.5. The summed E-state index contributed by atoms with van der Waals surface area (Å²) in [7, 11) is -4.34. The minimum Gasteiger partial charge on any atom is -0.480 e. The summed E-state index contributed by atoms with van der Waals surface area (Å²) in [5, 5.41) is 8.06. The molecule has 0 atom stereocenters. The molecule has 0 spiro atoms. The van der Waals surface area contributed by atoms with E-state index in [2.05, 4.69) is 4.42 Å². The molecule has 0 aliphatic carbocycles. The van der Waals surface area contributed by atoms with E-state index < -0.39 is 18.7 Å². The Hall–Kier alpha value is -0.770. The van der Waals surface area contributed by atoms with Crippen molar-refractivity contribution in [1.82, 2.24) is 0 Å². The van der Waals surface area contributed by atoms with Gasteiger partial charge in [-0.1, -0.05) is 13.8 Å². The van der Waals surface area contributed by atoms with Gasteiger partial charge in [-0.3, -0.25) is 4.57 Å². The first-order chi connectivity index (χ1) is 6.89. The van der Waals surface area contributed by atoms with Crippen LogP contribution in [0, 0.1) is 0 Å². The lowest BCUT2D eigenvalue weighted by molar-refractivity contribution is 0.291. The van der Waals surface area contributed by atoms with Crippen LogP contribution in [0.2, 0.25) is 0 Å². The first-order valence-electron chi connectivity index (χ1n) is 4.71. The van der Waals surface area contributed by atoms with Gasteiger partial charge < -0.3 is 19.3 Å². The lowest BCUT2D eigenvalue weighted by atomic mass is 9.95. The SMILES string of the molecule is CCC(CC)(c1ccoc1O)P(=O)(O)O. The van der Waals surface area contributed by atoms with Gasteiger partial charge >= 0.3 is 7.60 Å². The molecule has 0 amide bonds. The van der Waals surface area contributed by atoms with E-state index in [9.17, 15) is 19.5 Å². The van der Waals surface area contributed by atoms with Crippen LogP contribution in [0.25, 0.3) is 0 Å². The average Bonchev–Trinajstić information content (AvgIpc) is 2.53. The van der Waals surface area contributed by atoms with Crippen molar-refractivity contribution in [3.8, 4) is 5.95 Å². The Kier molecular flexibility index (Phi) is 3.28. The maximum absolute atomic E-state index is 11.5. The van der Waals surface area contributed by atoms with Gasteiger partial charge in [-0.05, 0) is 18.9 Å². The van der Waals surface area contributed by atoms with Crippen molar-refractivity contribution < 1.29 is 23.9 Å². The van der Waals surface area contributed by atoms with E-state index in [4.69, 9.17) is 0 Å². The van der Waals surface area contributed by atoms with Crippen LogP contribution in [0.5, 0.6) is 5.95 Å². The summed E-state index contributed by atoms with van der Waals surface area (Å²) in [4.78, 5) is 18.8. The summed E-state index contributed by atoms with van der Waals surface area (Å²) < 4.78 is 16.2. The summed E-state index contributed by atoms with van der Waals surface area (Å²) in [6.07, 6.45) is 1.70. The number of rotatable bonds is 4. The maximum Gasteiger partial charge on any atom is 0.336 e. The highest BCUT2D eigenvalue weighted by Gasteiger charge is 2.47. The molecule has 1 heterocycles. The summed E-state index contributed by atoms with van der Waals surface area (Å²) in [6, 6.07) is 1.40. The third-order valence-electron chi connectivity index (χ3n) is 2.87. The molecule has 5 nitrogen and oxygen atoms in total. The zero-order valence-electron chi connectivity index (χ0n) is 8.67. The van der Waals surface area contributed by atoms with Crippen LogP contribution in [-0.4, -0.2) is 14.9 Å². The van der Waals surface area contributed by atoms with Crippen LogP contribution in [0.4, 0.5) is 0 Å². The normalized spacial score (nSPS) is 13.1. The Morgan fingerprint density at radius 3 is 2.20 bits per heavy atom. The van der Waals surface area contributed by atoms with Gasteiger partial charge in [0.25, 0.3) is 5.95 Å². The highest BCUT2D eigenvalue weighted by molar-refractivity contribution is 7.53. The molecule has 0 fully saturated rings. The molecule has 0 aliphatic heterocycles. The van der Waals surface area contributed by atoms with Gasteiger partial charge in [-0.25, -0.2) is 0 Å². The van der Waals surface area contributed by atoms with Gasteiger partial charge in [0.05, 0.1) is 11.8 Å². The largest absolute Gasteiger partial charge is 0.480 e. The van der Waals surface area contributed by atoms with Crippen LogP contribution in [-0.2, 0) is 9.72 Å². The molecular formula is C9H15O5P. The quantitative estimate of drug-likeness (QED) is 0.694. The number of hydrogen-bond donors (Lipinski definition) is 3. The monoisotopic (exact) mass is 234 g/mol. The Bertz CT molecular complexity index is 374. The smallest absolute Gasteiger partial charge is 0.336 e. The van der Waals surface area contributed by atoms with Crippen molar-refractivity contribution >= 4 is 7.60 Å². The van der Waals surface area contributed by atoms with Gasteiger partial charge in [0.15, 0.2) is 0 Å². The first kappa shape index (κ1) is 12.3. The summed E-state index contributed by atoms with van der Waals surface area (Å²) in [5.74, 6) is -0.415. The molecule has 0 radical (unpaired) electrons. The molecule has 0 unspecified atom stereocenters. The third kappa shape index (κ3) is 1.83. The van der Waals surface area contributed by atoms with Crippen LogP contribution < -0.4 is 0 Å². The van der Waals surface area contributed by atoms with E-state index in [1.54, 1.807) is 13.8 Å². The topological polar surface area (TPSA) is 90.9 Å². The Morgan fingerprint density at radius 1 is 1.40 bits per heavy atom. The van der Waals surface area contributed by atoms with E-state index in [0.717, 1.165) is 0 Å². The number of furan rings is 1. The number of hydrogen-bond acceptors (Lipinski definition) is 3. The van der Waals surface area contributed by atoms with E-state index >= 15 is 0 Å². The molecule has 3 N–H and O–H groups in total. The predicted molar refractivity (Wildman–Crippen MR) is 54.7 cm³/mol. The van der Waals surface area contributed by atoms with Crippen molar-refractivity contribution in [2.75, 3.05) is 0 Å². The highest BCUT2D eigenvalue weighted by atomic mass is 31.2. The Morgan fingerprint density at radius 2 is 1.93 bits per heavy atom. The molecule has 0 bridgehead atoms. The van der Waals surface area contributed by atoms with Crippen LogP contribution >= 0.6 is 7.60 Å². The summed E-state index contributed by atoms with van der Waals surface area (Å²) in [5.41, 5.74) is 0.181. The van der Waals surface area contributed by atoms with Crippen LogP contribution in [0.3, 0.4) is 0 Å². The Balaban J connectivity index is 3.37. The van der Waals surface area contributed by atoms with Crippen molar-refractivity contribution in [3.63, 3.8) is 0 Å². The fraction of sp³-hybridized carbons (Fsp3) is 0.556. The van der Waals surface area contributed by atoms with Crippen molar-refractivity contribution in [1.29, 1.82) is 0 Å². The van der Waals surface area contributed by atoms with E-state index in [1.807, 2.05) is 0 Å². The van der Waals surface area contributed by atoms with Gasteiger partial charge in [-0.2, -0.15) is 0 Å².